The van der Waals surface area contributed by atoms with Gasteiger partial charge in [0.15, 0.2) is 0 Å². The van der Waals surface area contributed by atoms with Crippen LogP contribution < -0.4 is 10.6 Å². The zero-order chi connectivity index (χ0) is 23.8. The van der Waals surface area contributed by atoms with Crippen molar-refractivity contribution < 1.29 is 19.1 Å². The minimum Gasteiger partial charge on any atom is -0.444 e. The molecule has 176 valence electrons. The van der Waals surface area contributed by atoms with E-state index >= 15 is 0 Å². The molecule has 8 nitrogen and oxygen atoms in total. The van der Waals surface area contributed by atoms with Crippen LogP contribution in [-0.4, -0.2) is 46.6 Å². The van der Waals surface area contributed by atoms with Crippen LogP contribution in [0.4, 0.5) is 4.79 Å². The standard InChI is InChI=1S/C25H32N4O4/c1-24(2,3)33-23(32)29-15-14-28-19(10-11-20(28)25(29)12-5-13-25)22(31)27-16-17-6-8-18(9-7-17)21(30)26-4/h6-11H,5,12-16H2,1-4H3,(H,26,30)(H,27,31). The molecule has 0 saturated heterocycles. The second-order valence-electron chi connectivity index (χ2n) is 9.73. The Bertz CT molecular complexity index is 1060. The number of hydrogen-bond acceptors (Lipinski definition) is 4. The molecule has 2 N–H and O–H groups in total. The molecule has 1 aliphatic carbocycles. The highest BCUT2D eigenvalue weighted by atomic mass is 16.6. The first-order valence-electron chi connectivity index (χ1n) is 11.4. The molecule has 8 heteroatoms. The highest BCUT2D eigenvalue weighted by molar-refractivity contribution is 5.94. The van der Waals surface area contributed by atoms with Crippen LogP contribution >= 0.6 is 0 Å². The van der Waals surface area contributed by atoms with Crippen LogP contribution in [0.1, 0.15) is 72.1 Å². The maximum absolute atomic E-state index is 13.0. The maximum Gasteiger partial charge on any atom is 0.411 e. The first-order valence-corrected chi connectivity index (χ1v) is 11.4. The van der Waals surface area contributed by atoms with Gasteiger partial charge in [-0.2, -0.15) is 0 Å². The molecule has 0 bridgehead atoms. The van der Waals surface area contributed by atoms with E-state index in [0.717, 1.165) is 30.5 Å². The van der Waals surface area contributed by atoms with E-state index in [9.17, 15) is 14.4 Å². The van der Waals surface area contributed by atoms with Crippen molar-refractivity contribution in [3.8, 4) is 0 Å². The molecule has 33 heavy (non-hydrogen) atoms. The first kappa shape index (κ1) is 22.9. The predicted molar refractivity (Wildman–Crippen MR) is 124 cm³/mol. The molecule has 1 fully saturated rings. The fraction of sp³-hybridized carbons (Fsp3) is 0.480. The summed E-state index contributed by atoms with van der Waals surface area (Å²) in [6.45, 7) is 7.05. The summed E-state index contributed by atoms with van der Waals surface area (Å²) in [4.78, 5) is 39.4. The highest BCUT2D eigenvalue weighted by Crippen LogP contribution is 2.49. The molecule has 1 aromatic heterocycles. The average molecular weight is 453 g/mol. The van der Waals surface area contributed by atoms with Crippen LogP contribution in [0.3, 0.4) is 0 Å². The zero-order valence-corrected chi connectivity index (χ0v) is 19.7. The number of carbonyl (C=O) groups is 3. The molecule has 2 aliphatic rings. The van der Waals surface area contributed by atoms with E-state index < -0.39 is 11.1 Å². The summed E-state index contributed by atoms with van der Waals surface area (Å²) >= 11 is 0. The Hall–Kier alpha value is -3.29. The van der Waals surface area contributed by atoms with Crippen molar-refractivity contribution in [1.82, 2.24) is 20.1 Å². The van der Waals surface area contributed by atoms with Crippen molar-refractivity contribution in [3.05, 3.63) is 58.9 Å². The lowest BCUT2D eigenvalue weighted by Gasteiger charge is -2.53. The predicted octanol–water partition coefficient (Wildman–Crippen LogP) is 3.41. The van der Waals surface area contributed by atoms with Gasteiger partial charge in [0.05, 0.1) is 5.54 Å². The number of carbonyl (C=O) groups excluding carboxylic acids is 3. The summed E-state index contributed by atoms with van der Waals surface area (Å²) in [5, 5.41) is 5.57. The quantitative estimate of drug-likeness (QED) is 0.744. The maximum atomic E-state index is 13.0. The van der Waals surface area contributed by atoms with Gasteiger partial charge in [-0.3, -0.25) is 14.5 Å². The molecule has 1 aliphatic heterocycles. The van der Waals surface area contributed by atoms with Gasteiger partial charge in [0, 0.05) is 37.9 Å². The third-order valence-corrected chi connectivity index (χ3v) is 6.44. The minimum absolute atomic E-state index is 0.143. The smallest absolute Gasteiger partial charge is 0.411 e. The number of rotatable bonds is 4. The summed E-state index contributed by atoms with van der Waals surface area (Å²) in [6, 6.07) is 11.0. The molecule has 2 aromatic rings. The molecule has 2 heterocycles. The molecular formula is C25H32N4O4. The third kappa shape index (κ3) is 4.34. The van der Waals surface area contributed by atoms with Crippen molar-refractivity contribution >= 4 is 17.9 Å². The summed E-state index contributed by atoms with van der Waals surface area (Å²) in [5.41, 5.74) is 2.15. The molecule has 0 atom stereocenters. The monoisotopic (exact) mass is 452 g/mol. The lowest BCUT2D eigenvalue weighted by atomic mass is 9.72. The van der Waals surface area contributed by atoms with Crippen molar-refractivity contribution in [2.24, 2.45) is 0 Å². The van der Waals surface area contributed by atoms with E-state index in [1.807, 2.05) is 54.5 Å². The minimum atomic E-state index is -0.551. The van der Waals surface area contributed by atoms with Gasteiger partial charge in [0.25, 0.3) is 11.8 Å². The van der Waals surface area contributed by atoms with Gasteiger partial charge in [0.1, 0.15) is 11.3 Å². The summed E-state index contributed by atoms with van der Waals surface area (Å²) in [7, 11) is 1.59. The second kappa shape index (κ2) is 8.57. The Morgan fingerprint density at radius 2 is 1.70 bits per heavy atom. The molecule has 4 rings (SSSR count). The molecule has 1 spiro atoms. The topological polar surface area (TPSA) is 92.7 Å². The average Bonchev–Trinajstić information content (AvgIpc) is 3.18. The van der Waals surface area contributed by atoms with Gasteiger partial charge in [-0.15, -0.1) is 0 Å². The zero-order valence-electron chi connectivity index (χ0n) is 19.7. The Balaban J connectivity index is 1.48. The largest absolute Gasteiger partial charge is 0.444 e. The SMILES string of the molecule is CNC(=O)c1ccc(CNC(=O)c2ccc3n2CCN(C(=O)OC(C)(C)C)C32CCC2)cc1. The number of nitrogens with zero attached hydrogens (tertiary/aromatic N) is 2. The Kier molecular flexibility index (Phi) is 5.95. The number of fused-ring (bicyclic) bond motifs is 2. The van der Waals surface area contributed by atoms with Gasteiger partial charge in [-0.05, 0) is 69.9 Å². The van der Waals surface area contributed by atoms with E-state index in [4.69, 9.17) is 4.74 Å². The van der Waals surface area contributed by atoms with E-state index in [-0.39, 0.29) is 17.9 Å². The molecule has 0 radical (unpaired) electrons. The van der Waals surface area contributed by atoms with Crippen LogP contribution in [0.15, 0.2) is 36.4 Å². The van der Waals surface area contributed by atoms with Crippen molar-refractivity contribution in [1.29, 1.82) is 0 Å². The normalized spacial score (nSPS) is 16.5. The number of benzene rings is 1. The Morgan fingerprint density at radius 3 is 2.27 bits per heavy atom. The second-order valence-corrected chi connectivity index (χ2v) is 9.73. The van der Waals surface area contributed by atoms with Crippen LogP contribution in [0.2, 0.25) is 0 Å². The molecule has 3 amide bonds. The van der Waals surface area contributed by atoms with Crippen molar-refractivity contribution in [2.75, 3.05) is 13.6 Å². The van der Waals surface area contributed by atoms with E-state index in [0.29, 0.717) is 30.9 Å². The Labute approximate surface area is 194 Å². The van der Waals surface area contributed by atoms with Crippen molar-refractivity contribution in [3.63, 3.8) is 0 Å². The summed E-state index contributed by atoms with van der Waals surface area (Å²) < 4.78 is 7.71. The van der Waals surface area contributed by atoms with Crippen LogP contribution in [0.25, 0.3) is 0 Å². The van der Waals surface area contributed by atoms with Crippen LogP contribution in [0, 0.1) is 0 Å². The fourth-order valence-electron chi connectivity index (χ4n) is 4.68. The number of amides is 3. The van der Waals surface area contributed by atoms with Gasteiger partial charge < -0.3 is 19.9 Å². The fourth-order valence-corrected chi connectivity index (χ4v) is 4.68. The van der Waals surface area contributed by atoms with Crippen LogP contribution in [0.5, 0.6) is 0 Å². The van der Waals surface area contributed by atoms with Crippen molar-refractivity contribution in [2.45, 2.75) is 64.3 Å². The van der Waals surface area contributed by atoms with E-state index in [1.165, 1.54) is 0 Å². The summed E-state index contributed by atoms with van der Waals surface area (Å²) in [6.07, 6.45) is 2.49. The van der Waals surface area contributed by atoms with Gasteiger partial charge >= 0.3 is 6.09 Å². The summed E-state index contributed by atoms with van der Waals surface area (Å²) in [5.74, 6) is -0.299. The highest BCUT2D eigenvalue weighted by Gasteiger charge is 2.51. The number of nitrogens with one attached hydrogen (secondary N) is 2. The Morgan fingerprint density at radius 1 is 1.00 bits per heavy atom. The molecule has 1 saturated carbocycles. The molecule has 0 unspecified atom stereocenters. The van der Waals surface area contributed by atoms with Crippen LogP contribution in [-0.2, 0) is 23.4 Å². The number of ether oxygens (including phenoxy) is 1. The first-order chi connectivity index (χ1) is 15.6. The number of hydrogen-bond donors (Lipinski definition) is 2. The number of aromatic nitrogens is 1. The van der Waals surface area contributed by atoms with E-state index in [1.54, 1.807) is 19.2 Å². The van der Waals surface area contributed by atoms with Gasteiger partial charge in [-0.25, -0.2) is 4.79 Å². The molecular weight excluding hydrogens is 420 g/mol. The molecule has 1 aromatic carbocycles. The van der Waals surface area contributed by atoms with Gasteiger partial charge in [-0.1, -0.05) is 12.1 Å². The lowest BCUT2D eigenvalue weighted by Crippen LogP contribution is -2.59. The third-order valence-electron chi connectivity index (χ3n) is 6.44. The lowest BCUT2D eigenvalue weighted by molar-refractivity contribution is -0.0426. The van der Waals surface area contributed by atoms with E-state index in [2.05, 4.69) is 10.6 Å². The van der Waals surface area contributed by atoms with Gasteiger partial charge in [0.2, 0.25) is 0 Å².